The van der Waals surface area contributed by atoms with Crippen LogP contribution in [0.1, 0.15) is 48.9 Å². The lowest BCUT2D eigenvalue weighted by Crippen LogP contribution is -2.03. The molecule has 0 fully saturated rings. The van der Waals surface area contributed by atoms with Crippen molar-refractivity contribution in [2.24, 2.45) is 0 Å². The number of esters is 1. The third kappa shape index (κ3) is 2.13. The van der Waals surface area contributed by atoms with Gasteiger partial charge in [-0.25, -0.2) is 9.78 Å². The fourth-order valence-electron chi connectivity index (χ4n) is 1.43. The summed E-state index contributed by atoms with van der Waals surface area (Å²) in [5.41, 5.74) is 0.425. The maximum Gasteiger partial charge on any atom is 0.356 e. The van der Waals surface area contributed by atoms with E-state index < -0.39 is 0 Å². The van der Waals surface area contributed by atoms with Crippen LogP contribution in [-0.2, 0) is 4.74 Å². The summed E-state index contributed by atoms with van der Waals surface area (Å²) in [6.45, 7) is 4.21. The minimum atomic E-state index is -0.366. The van der Waals surface area contributed by atoms with Gasteiger partial charge in [0.2, 0.25) is 0 Å². The minimum absolute atomic E-state index is 0.366. The number of aromatic amines is 1. The summed E-state index contributed by atoms with van der Waals surface area (Å²) in [6, 6.07) is 0. The molecular weight excluding hydrogens is 180 g/mol. The second-order valence-electron chi connectivity index (χ2n) is 3.19. The monoisotopic (exact) mass is 196 g/mol. The number of ether oxygens (including phenoxy) is 1. The highest BCUT2D eigenvalue weighted by molar-refractivity contribution is 5.86. The lowest BCUT2D eigenvalue weighted by molar-refractivity contribution is 0.0594. The molecule has 1 aromatic rings. The standard InChI is InChI=1S/C10H16N2O2/c1-4-7(5-2)9-11-6-8(12-9)10(13)14-3/h6-7H,4-5H2,1-3H3,(H,11,12). The Morgan fingerprint density at radius 2 is 2.21 bits per heavy atom. The quantitative estimate of drug-likeness (QED) is 0.750. The topological polar surface area (TPSA) is 55.0 Å². The molecule has 1 rings (SSSR count). The third-order valence-electron chi connectivity index (χ3n) is 2.37. The molecule has 0 aromatic carbocycles. The zero-order chi connectivity index (χ0) is 10.6. The van der Waals surface area contributed by atoms with Crippen LogP contribution >= 0.6 is 0 Å². The van der Waals surface area contributed by atoms with Gasteiger partial charge in [-0.2, -0.15) is 0 Å². The molecule has 0 spiro atoms. The SMILES string of the molecule is CCC(CC)c1ncc(C(=O)OC)[nH]1. The van der Waals surface area contributed by atoms with E-state index in [1.165, 1.54) is 13.3 Å². The number of aromatic nitrogens is 2. The van der Waals surface area contributed by atoms with E-state index in [4.69, 9.17) is 0 Å². The molecule has 0 saturated heterocycles. The largest absolute Gasteiger partial charge is 0.464 e. The highest BCUT2D eigenvalue weighted by Crippen LogP contribution is 2.19. The fourth-order valence-corrected chi connectivity index (χ4v) is 1.43. The van der Waals surface area contributed by atoms with E-state index in [2.05, 4.69) is 28.6 Å². The molecule has 0 aliphatic carbocycles. The first-order valence-electron chi connectivity index (χ1n) is 4.86. The van der Waals surface area contributed by atoms with Crippen molar-refractivity contribution in [2.75, 3.05) is 7.11 Å². The maximum absolute atomic E-state index is 11.1. The molecule has 1 N–H and O–H groups in total. The van der Waals surface area contributed by atoms with Crippen molar-refractivity contribution < 1.29 is 9.53 Å². The van der Waals surface area contributed by atoms with Crippen molar-refractivity contribution in [3.63, 3.8) is 0 Å². The number of carbonyl (C=O) groups is 1. The zero-order valence-corrected chi connectivity index (χ0v) is 8.83. The van der Waals surface area contributed by atoms with Crippen LogP contribution in [0.5, 0.6) is 0 Å². The Labute approximate surface area is 83.7 Å². The maximum atomic E-state index is 11.1. The summed E-state index contributed by atoms with van der Waals surface area (Å²) in [7, 11) is 1.36. The molecule has 0 saturated carbocycles. The molecule has 1 heterocycles. The van der Waals surface area contributed by atoms with E-state index in [-0.39, 0.29) is 5.97 Å². The normalized spacial score (nSPS) is 10.6. The predicted molar refractivity (Wildman–Crippen MR) is 53.3 cm³/mol. The van der Waals surface area contributed by atoms with Gasteiger partial charge in [-0.1, -0.05) is 13.8 Å². The van der Waals surface area contributed by atoms with Gasteiger partial charge >= 0.3 is 5.97 Å². The van der Waals surface area contributed by atoms with Crippen LogP contribution in [-0.4, -0.2) is 23.0 Å². The van der Waals surface area contributed by atoms with Crippen molar-refractivity contribution >= 4 is 5.97 Å². The van der Waals surface area contributed by atoms with Crippen molar-refractivity contribution in [3.8, 4) is 0 Å². The first-order valence-corrected chi connectivity index (χ1v) is 4.86. The Balaban J connectivity index is 2.81. The number of nitrogens with zero attached hydrogens (tertiary/aromatic N) is 1. The Kier molecular flexibility index (Phi) is 3.68. The molecule has 0 aliphatic rings. The molecule has 0 atom stereocenters. The third-order valence-corrected chi connectivity index (χ3v) is 2.37. The number of rotatable bonds is 4. The molecule has 0 bridgehead atoms. The van der Waals surface area contributed by atoms with Gasteiger partial charge in [0, 0.05) is 5.92 Å². The second kappa shape index (κ2) is 4.79. The van der Waals surface area contributed by atoms with E-state index in [0.717, 1.165) is 18.7 Å². The Hall–Kier alpha value is -1.32. The Morgan fingerprint density at radius 3 is 2.71 bits per heavy atom. The smallest absolute Gasteiger partial charge is 0.356 e. The number of H-pyrrole nitrogens is 1. The van der Waals surface area contributed by atoms with Crippen LogP contribution in [0.4, 0.5) is 0 Å². The minimum Gasteiger partial charge on any atom is -0.464 e. The van der Waals surface area contributed by atoms with E-state index >= 15 is 0 Å². The number of imidazole rings is 1. The van der Waals surface area contributed by atoms with Crippen LogP contribution in [0.2, 0.25) is 0 Å². The summed E-state index contributed by atoms with van der Waals surface area (Å²) >= 11 is 0. The Morgan fingerprint density at radius 1 is 1.57 bits per heavy atom. The van der Waals surface area contributed by atoms with Crippen LogP contribution < -0.4 is 0 Å². The fraction of sp³-hybridized carbons (Fsp3) is 0.600. The summed E-state index contributed by atoms with van der Waals surface area (Å²) in [5, 5.41) is 0. The van der Waals surface area contributed by atoms with Crippen molar-refractivity contribution in [1.82, 2.24) is 9.97 Å². The van der Waals surface area contributed by atoms with Crippen LogP contribution in [0.15, 0.2) is 6.20 Å². The molecule has 0 unspecified atom stereocenters. The average molecular weight is 196 g/mol. The zero-order valence-electron chi connectivity index (χ0n) is 8.83. The summed E-state index contributed by atoms with van der Waals surface area (Å²) in [6.07, 6.45) is 3.56. The highest BCUT2D eigenvalue weighted by atomic mass is 16.5. The molecule has 0 amide bonds. The van der Waals surface area contributed by atoms with Gasteiger partial charge in [0.15, 0.2) is 0 Å². The summed E-state index contributed by atoms with van der Waals surface area (Å²) < 4.78 is 4.59. The molecule has 4 heteroatoms. The van der Waals surface area contributed by atoms with Gasteiger partial charge in [0.1, 0.15) is 11.5 Å². The van der Waals surface area contributed by atoms with Gasteiger partial charge in [0.25, 0.3) is 0 Å². The second-order valence-corrected chi connectivity index (χ2v) is 3.19. The molecule has 0 aliphatic heterocycles. The van der Waals surface area contributed by atoms with Crippen LogP contribution in [0, 0.1) is 0 Å². The van der Waals surface area contributed by atoms with E-state index in [9.17, 15) is 4.79 Å². The lowest BCUT2D eigenvalue weighted by Gasteiger charge is -2.07. The average Bonchev–Trinajstić information content (AvgIpc) is 2.68. The van der Waals surface area contributed by atoms with Gasteiger partial charge in [0.05, 0.1) is 13.3 Å². The molecule has 1 aromatic heterocycles. The number of nitrogens with one attached hydrogen (secondary N) is 1. The van der Waals surface area contributed by atoms with Crippen LogP contribution in [0.25, 0.3) is 0 Å². The molecule has 4 nitrogen and oxygen atoms in total. The van der Waals surface area contributed by atoms with E-state index in [1.54, 1.807) is 0 Å². The number of hydrogen-bond acceptors (Lipinski definition) is 3. The predicted octanol–water partition coefficient (Wildman–Crippen LogP) is 2.10. The van der Waals surface area contributed by atoms with Crippen molar-refractivity contribution in [3.05, 3.63) is 17.7 Å². The summed E-state index contributed by atoms with van der Waals surface area (Å²) in [5.74, 6) is 0.901. The van der Waals surface area contributed by atoms with E-state index in [0.29, 0.717) is 11.6 Å². The molecule has 0 radical (unpaired) electrons. The first kappa shape index (κ1) is 10.8. The van der Waals surface area contributed by atoms with E-state index in [1.807, 2.05) is 0 Å². The van der Waals surface area contributed by atoms with Crippen LogP contribution in [0.3, 0.4) is 0 Å². The Bertz CT molecular complexity index is 303. The molecule has 14 heavy (non-hydrogen) atoms. The van der Waals surface area contributed by atoms with Gasteiger partial charge < -0.3 is 9.72 Å². The number of hydrogen-bond donors (Lipinski definition) is 1. The van der Waals surface area contributed by atoms with Gasteiger partial charge in [-0.3, -0.25) is 0 Å². The number of methoxy groups -OCH3 is 1. The van der Waals surface area contributed by atoms with Gasteiger partial charge in [-0.05, 0) is 12.8 Å². The first-order chi connectivity index (χ1) is 6.72. The molecular formula is C10H16N2O2. The number of carbonyl (C=O) groups excluding carboxylic acids is 1. The van der Waals surface area contributed by atoms with Crippen molar-refractivity contribution in [1.29, 1.82) is 0 Å². The van der Waals surface area contributed by atoms with Gasteiger partial charge in [-0.15, -0.1) is 0 Å². The summed E-state index contributed by atoms with van der Waals surface area (Å²) in [4.78, 5) is 18.3. The highest BCUT2D eigenvalue weighted by Gasteiger charge is 2.14. The molecule has 78 valence electrons. The van der Waals surface area contributed by atoms with Crippen molar-refractivity contribution in [2.45, 2.75) is 32.6 Å². The lowest BCUT2D eigenvalue weighted by atomic mass is 10.0.